The number of carboxylic acid groups (broad SMARTS) is 1. The van der Waals surface area contributed by atoms with E-state index in [0.717, 1.165) is 22.1 Å². The Morgan fingerprint density at radius 3 is 2.29 bits per heavy atom. The number of hydrogen-bond donors (Lipinski definition) is 1. The molecule has 0 spiro atoms. The molecule has 8 heteroatoms. The maximum absolute atomic E-state index is 13.5. The molecule has 4 aromatic rings. The second-order valence-electron chi connectivity index (χ2n) is 10.5. The fourth-order valence-electron chi connectivity index (χ4n) is 4.56. The molecule has 8 nitrogen and oxygen atoms in total. The highest BCUT2D eigenvalue weighted by Crippen LogP contribution is 2.30. The number of nitrogens with zero attached hydrogens (tertiary/aromatic N) is 4. The summed E-state index contributed by atoms with van der Waals surface area (Å²) in [7, 11) is 1.47. The van der Waals surface area contributed by atoms with Crippen LogP contribution in [0.5, 0.6) is 0 Å². The third-order valence-electron chi connectivity index (χ3n) is 6.46. The minimum absolute atomic E-state index is 0.106. The molecule has 198 valence electrons. The summed E-state index contributed by atoms with van der Waals surface area (Å²) in [5, 5.41) is 14.8. The lowest BCUT2D eigenvalue weighted by Gasteiger charge is -2.13. The molecule has 0 atom stereocenters. The number of benzene rings is 2. The Balaban J connectivity index is 2.06. The summed E-state index contributed by atoms with van der Waals surface area (Å²) in [6, 6.07) is 16.5. The van der Waals surface area contributed by atoms with E-state index in [9.17, 15) is 19.5 Å². The molecule has 2 aromatic heterocycles. The van der Waals surface area contributed by atoms with Crippen molar-refractivity contribution in [2.75, 3.05) is 0 Å². The maximum Gasteiger partial charge on any atom is 0.335 e. The molecule has 0 fully saturated rings. The van der Waals surface area contributed by atoms with Crippen molar-refractivity contribution in [2.24, 2.45) is 18.9 Å². The average molecular weight is 515 g/mol. The summed E-state index contributed by atoms with van der Waals surface area (Å²) in [6.07, 6.45) is 3.04. The Hall–Kier alpha value is -4.20. The van der Waals surface area contributed by atoms with Crippen molar-refractivity contribution < 1.29 is 9.90 Å². The van der Waals surface area contributed by atoms with Crippen LogP contribution in [0.2, 0.25) is 0 Å². The third-order valence-corrected chi connectivity index (χ3v) is 6.46. The number of allylic oxidation sites excluding steroid dienone is 2. The van der Waals surface area contributed by atoms with Crippen LogP contribution in [0.25, 0.3) is 27.9 Å². The lowest BCUT2D eigenvalue weighted by atomic mass is 10.0. The number of fused-ring (bicyclic) bond motifs is 1. The van der Waals surface area contributed by atoms with Crippen LogP contribution >= 0.6 is 0 Å². The highest BCUT2D eigenvalue weighted by atomic mass is 16.4. The Kier molecular flexibility index (Phi) is 7.80. The first-order valence-electron chi connectivity index (χ1n) is 12.9. The van der Waals surface area contributed by atoms with Gasteiger partial charge in [0.1, 0.15) is 5.39 Å². The summed E-state index contributed by atoms with van der Waals surface area (Å²) < 4.78 is 4.39. The number of aromatic nitrogens is 4. The predicted molar refractivity (Wildman–Crippen MR) is 150 cm³/mol. The van der Waals surface area contributed by atoms with Gasteiger partial charge in [0.15, 0.2) is 5.65 Å². The number of carboxylic acids is 1. The molecule has 0 aliphatic rings. The van der Waals surface area contributed by atoms with E-state index in [-0.39, 0.29) is 11.5 Å². The van der Waals surface area contributed by atoms with Crippen molar-refractivity contribution in [1.82, 2.24) is 18.9 Å². The van der Waals surface area contributed by atoms with Gasteiger partial charge in [-0.3, -0.25) is 18.6 Å². The predicted octanol–water partition coefficient (Wildman–Crippen LogP) is 5.05. The standard InChI is InChI=1S/C30H34N4O4/c1-19(2)14-15-24(21-10-7-6-8-11-21)18-34-26(22-12-9-13-23(16-22)29(36)37)25-27(31-34)33(17-20(3)4)30(38)32(5)28(25)35/h6-13,15-16,19-20H,14,17-18H2,1-5H3,(H,36,37)/b24-15+. The molecular weight excluding hydrogens is 480 g/mol. The molecule has 0 amide bonds. The first-order valence-corrected chi connectivity index (χ1v) is 12.9. The Morgan fingerprint density at radius 2 is 1.66 bits per heavy atom. The fourth-order valence-corrected chi connectivity index (χ4v) is 4.56. The molecule has 38 heavy (non-hydrogen) atoms. The summed E-state index contributed by atoms with van der Waals surface area (Å²) in [4.78, 5) is 38.5. The first-order chi connectivity index (χ1) is 18.1. The summed E-state index contributed by atoms with van der Waals surface area (Å²) >= 11 is 0. The molecule has 1 N–H and O–H groups in total. The quantitative estimate of drug-likeness (QED) is 0.337. The normalized spacial score (nSPS) is 12.1. The van der Waals surface area contributed by atoms with E-state index >= 15 is 0 Å². The molecule has 0 unspecified atom stereocenters. The van der Waals surface area contributed by atoms with Crippen LogP contribution in [-0.4, -0.2) is 30.0 Å². The van der Waals surface area contributed by atoms with Crippen molar-refractivity contribution in [2.45, 2.75) is 47.2 Å². The largest absolute Gasteiger partial charge is 0.478 e. The molecule has 2 heterocycles. The van der Waals surface area contributed by atoms with Gasteiger partial charge in [0.05, 0.1) is 17.8 Å². The molecule has 0 aliphatic heterocycles. The molecular formula is C30H34N4O4. The third kappa shape index (κ3) is 5.39. The fraction of sp³-hybridized carbons (Fsp3) is 0.333. The van der Waals surface area contributed by atoms with E-state index in [2.05, 4.69) is 19.9 Å². The van der Waals surface area contributed by atoms with Crippen molar-refractivity contribution in [1.29, 1.82) is 0 Å². The second-order valence-corrected chi connectivity index (χ2v) is 10.5. The van der Waals surface area contributed by atoms with E-state index in [0.29, 0.717) is 41.3 Å². The molecule has 0 saturated carbocycles. The molecule has 0 aliphatic carbocycles. The number of rotatable bonds is 9. The first kappa shape index (κ1) is 26.9. The Morgan fingerprint density at radius 1 is 0.974 bits per heavy atom. The zero-order chi connectivity index (χ0) is 27.6. The van der Waals surface area contributed by atoms with Crippen molar-refractivity contribution >= 4 is 22.6 Å². The van der Waals surface area contributed by atoms with Crippen molar-refractivity contribution in [3.63, 3.8) is 0 Å². The highest BCUT2D eigenvalue weighted by Gasteiger charge is 2.24. The van der Waals surface area contributed by atoms with Crippen LogP contribution in [0.15, 0.2) is 70.3 Å². The van der Waals surface area contributed by atoms with Crippen molar-refractivity contribution in [3.05, 3.63) is 92.6 Å². The molecule has 2 aromatic carbocycles. The van der Waals surface area contributed by atoms with Crippen LogP contribution < -0.4 is 11.2 Å². The monoisotopic (exact) mass is 514 g/mol. The maximum atomic E-state index is 13.5. The van der Waals surface area contributed by atoms with Crippen LogP contribution in [-0.2, 0) is 20.1 Å². The van der Waals surface area contributed by atoms with Gasteiger partial charge in [-0.1, -0.05) is 76.2 Å². The van der Waals surface area contributed by atoms with Gasteiger partial charge in [0.2, 0.25) is 0 Å². The van der Waals surface area contributed by atoms with Crippen molar-refractivity contribution in [3.8, 4) is 11.3 Å². The second kappa shape index (κ2) is 11.0. The minimum Gasteiger partial charge on any atom is -0.478 e. The molecule has 0 saturated heterocycles. The topological polar surface area (TPSA) is 99.1 Å². The summed E-state index contributed by atoms with van der Waals surface area (Å²) in [5.41, 5.74) is 2.63. The number of aromatic carboxylic acids is 1. The van der Waals surface area contributed by atoms with E-state index in [4.69, 9.17) is 5.10 Å². The van der Waals surface area contributed by atoms with Gasteiger partial charge in [-0.2, -0.15) is 5.10 Å². The number of carbonyl (C=O) groups is 1. The van der Waals surface area contributed by atoms with Gasteiger partial charge >= 0.3 is 11.7 Å². The molecule has 4 rings (SSSR count). The van der Waals surface area contributed by atoms with Gasteiger partial charge < -0.3 is 5.11 Å². The lowest BCUT2D eigenvalue weighted by Crippen LogP contribution is -2.38. The van der Waals surface area contributed by atoms with Gasteiger partial charge in [0.25, 0.3) is 5.56 Å². The van der Waals surface area contributed by atoms with Gasteiger partial charge in [-0.15, -0.1) is 0 Å². The van der Waals surface area contributed by atoms with E-state index in [1.807, 2.05) is 44.2 Å². The SMILES string of the molecule is CC(C)C/C=C(\Cn1nc2c(c1-c1cccc(C(=O)O)c1)c(=O)n(C)c(=O)n2CC(C)C)c1ccccc1. The average Bonchev–Trinajstić information content (AvgIpc) is 3.27. The van der Waals surface area contributed by atoms with E-state index < -0.39 is 17.2 Å². The summed E-state index contributed by atoms with van der Waals surface area (Å²) in [6.45, 7) is 9.04. The molecule has 0 radical (unpaired) electrons. The van der Waals surface area contributed by atoms with Crippen LogP contribution in [0.4, 0.5) is 0 Å². The van der Waals surface area contributed by atoms with Crippen LogP contribution in [0.1, 0.15) is 50.0 Å². The van der Waals surface area contributed by atoms with Crippen LogP contribution in [0, 0.1) is 11.8 Å². The van der Waals surface area contributed by atoms with Crippen LogP contribution in [0.3, 0.4) is 0 Å². The zero-order valence-electron chi connectivity index (χ0n) is 22.5. The Bertz CT molecular complexity index is 1620. The van der Waals surface area contributed by atoms with Gasteiger partial charge in [-0.05, 0) is 41.5 Å². The molecule has 0 bridgehead atoms. The Labute approximate surface area is 221 Å². The minimum atomic E-state index is -1.06. The summed E-state index contributed by atoms with van der Waals surface area (Å²) in [5.74, 6) is -0.475. The van der Waals surface area contributed by atoms with E-state index in [1.165, 1.54) is 13.1 Å². The lowest BCUT2D eigenvalue weighted by molar-refractivity contribution is 0.0697. The van der Waals surface area contributed by atoms with E-state index in [1.54, 1.807) is 27.4 Å². The smallest absolute Gasteiger partial charge is 0.335 e. The zero-order valence-corrected chi connectivity index (χ0v) is 22.5. The van der Waals surface area contributed by atoms with Gasteiger partial charge in [-0.25, -0.2) is 9.59 Å². The number of hydrogen-bond acceptors (Lipinski definition) is 4. The highest BCUT2D eigenvalue weighted by molar-refractivity contribution is 5.94. The van der Waals surface area contributed by atoms with Gasteiger partial charge in [0, 0.05) is 19.2 Å².